The molecular formula is C12H15NO6. The molecule has 1 amide bonds. The van der Waals surface area contributed by atoms with Crippen LogP contribution in [0.25, 0.3) is 0 Å². The Hall–Kier alpha value is -2.31. The minimum absolute atomic E-state index is 0.0583. The van der Waals surface area contributed by atoms with Gasteiger partial charge in [-0.15, -0.1) is 0 Å². The van der Waals surface area contributed by atoms with Gasteiger partial charge < -0.3 is 19.5 Å². The van der Waals surface area contributed by atoms with Crippen LogP contribution in [-0.4, -0.2) is 46.0 Å². The molecule has 0 radical (unpaired) electrons. The summed E-state index contributed by atoms with van der Waals surface area (Å²) in [6.45, 7) is 1.32. The Balaban J connectivity index is 2.76. The zero-order valence-electron chi connectivity index (χ0n) is 10.4. The van der Waals surface area contributed by atoms with E-state index in [1.165, 1.54) is 30.2 Å². The first-order valence-electron chi connectivity index (χ1n) is 5.69. The number of carbonyl (C=O) groups excluding carboxylic acids is 1. The topological polar surface area (TPSA) is 108 Å². The van der Waals surface area contributed by atoms with E-state index in [1.807, 2.05) is 0 Å². The van der Waals surface area contributed by atoms with Crippen molar-refractivity contribution in [1.82, 2.24) is 4.90 Å². The first-order valence-corrected chi connectivity index (χ1v) is 5.69. The fourth-order valence-corrected chi connectivity index (χ4v) is 1.47. The summed E-state index contributed by atoms with van der Waals surface area (Å²) in [6, 6.07) is 2.98. The number of rotatable bonds is 7. The van der Waals surface area contributed by atoms with Crippen molar-refractivity contribution in [2.45, 2.75) is 13.3 Å². The Morgan fingerprint density at radius 1 is 1.37 bits per heavy atom. The number of amides is 1. The van der Waals surface area contributed by atoms with E-state index in [9.17, 15) is 14.4 Å². The van der Waals surface area contributed by atoms with Gasteiger partial charge >= 0.3 is 11.9 Å². The summed E-state index contributed by atoms with van der Waals surface area (Å²) < 4.78 is 4.94. The molecule has 1 unspecified atom stereocenters. The predicted octanol–water partition coefficient (Wildman–Crippen LogP) is 0.917. The van der Waals surface area contributed by atoms with E-state index in [2.05, 4.69) is 0 Å². The van der Waals surface area contributed by atoms with Crippen molar-refractivity contribution in [2.24, 2.45) is 5.92 Å². The monoisotopic (exact) mass is 269 g/mol. The number of hydrogen-bond donors (Lipinski definition) is 2. The molecule has 1 rings (SSSR count). The van der Waals surface area contributed by atoms with Crippen molar-refractivity contribution in [3.63, 3.8) is 0 Å². The number of furan rings is 1. The maximum atomic E-state index is 12.0. The molecule has 104 valence electrons. The van der Waals surface area contributed by atoms with Gasteiger partial charge in [0.15, 0.2) is 5.76 Å². The smallest absolute Gasteiger partial charge is 0.308 e. The summed E-state index contributed by atoms with van der Waals surface area (Å²) in [6.07, 6.45) is 1.07. The molecule has 0 aliphatic rings. The second-order valence-corrected chi connectivity index (χ2v) is 4.11. The number of nitrogens with zero attached hydrogens (tertiary/aromatic N) is 1. The second-order valence-electron chi connectivity index (χ2n) is 4.11. The van der Waals surface area contributed by atoms with Crippen LogP contribution in [-0.2, 0) is 9.59 Å². The lowest BCUT2D eigenvalue weighted by molar-refractivity contribution is -0.141. The predicted molar refractivity (Wildman–Crippen MR) is 63.7 cm³/mol. The third-order valence-electron chi connectivity index (χ3n) is 2.53. The lowest BCUT2D eigenvalue weighted by atomic mass is 10.1. The molecule has 0 spiro atoms. The molecule has 0 fully saturated rings. The Kier molecular flexibility index (Phi) is 5.11. The summed E-state index contributed by atoms with van der Waals surface area (Å²) in [5.74, 6) is -3.34. The molecule has 0 aliphatic carbocycles. The van der Waals surface area contributed by atoms with Gasteiger partial charge in [-0.3, -0.25) is 14.4 Å². The van der Waals surface area contributed by atoms with Crippen molar-refractivity contribution in [3.05, 3.63) is 24.2 Å². The molecule has 7 heteroatoms. The van der Waals surface area contributed by atoms with E-state index >= 15 is 0 Å². The number of hydrogen-bond acceptors (Lipinski definition) is 4. The van der Waals surface area contributed by atoms with Crippen LogP contribution in [0, 0.1) is 5.92 Å². The highest BCUT2D eigenvalue weighted by molar-refractivity contribution is 5.92. The summed E-state index contributed by atoms with van der Waals surface area (Å²) in [7, 11) is 0. The number of carbonyl (C=O) groups is 3. The molecule has 0 bridgehead atoms. The Bertz CT molecular complexity index is 453. The lowest BCUT2D eigenvalue weighted by Crippen LogP contribution is -2.38. The van der Waals surface area contributed by atoms with Gasteiger partial charge in [-0.05, 0) is 12.1 Å². The highest BCUT2D eigenvalue weighted by atomic mass is 16.4. The summed E-state index contributed by atoms with van der Waals surface area (Å²) in [5, 5.41) is 17.5. The van der Waals surface area contributed by atoms with Crippen LogP contribution in [0.2, 0.25) is 0 Å². The second kappa shape index (κ2) is 6.58. The van der Waals surface area contributed by atoms with Gasteiger partial charge in [0.1, 0.15) is 0 Å². The largest absolute Gasteiger partial charge is 0.481 e. The number of carboxylic acid groups (broad SMARTS) is 2. The third-order valence-corrected chi connectivity index (χ3v) is 2.53. The average molecular weight is 269 g/mol. The van der Waals surface area contributed by atoms with Crippen LogP contribution in [0.5, 0.6) is 0 Å². The average Bonchev–Trinajstić information content (AvgIpc) is 2.86. The van der Waals surface area contributed by atoms with Gasteiger partial charge in [0.25, 0.3) is 5.91 Å². The maximum Gasteiger partial charge on any atom is 0.308 e. The summed E-state index contributed by atoms with van der Waals surface area (Å²) in [5.41, 5.74) is 0. The van der Waals surface area contributed by atoms with Gasteiger partial charge in [0.05, 0.1) is 18.6 Å². The van der Waals surface area contributed by atoms with Gasteiger partial charge in [-0.2, -0.15) is 0 Å². The van der Waals surface area contributed by atoms with Crippen molar-refractivity contribution < 1.29 is 29.0 Å². The zero-order valence-corrected chi connectivity index (χ0v) is 10.4. The van der Waals surface area contributed by atoms with E-state index in [0.29, 0.717) is 0 Å². The van der Waals surface area contributed by atoms with E-state index < -0.39 is 23.8 Å². The van der Waals surface area contributed by atoms with E-state index in [-0.39, 0.29) is 25.3 Å². The molecule has 1 heterocycles. The fourth-order valence-electron chi connectivity index (χ4n) is 1.47. The molecule has 0 saturated heterocycles. The molecule has 19 heavy (non-hydrogen) atoms. The quantitative estimate of drug-likeness (QED) is 0.761. The minimum atomic E-state index is -1.06. The Morgan fingerprint density at radius 2 is 2.05 bits per heavy atom. The molecular weight excluding hydrogens is 254 g/mol. The molecule has 1 atom stereocenters. The SMILES string of the molecule is CC(CN(CCC(=O)O)C(=O)c1ccco1)C(=O)O. The van der Waals surface area contributed by atoms with Crippen LogP contribution in [0.3, 0.4) is 0 Å². The van der Waals surface area contributed by atoms with Gasteiger partial charge in [0, 0.05) is 13.1 Å². The number of carboxylic acids is 2. The van der Waals surface area contributed by atoms with Crippen LogP contribution in [0.1, 0.15) is 23.9 Å². The minimum Gasteiger partial charge on any atom is -0.481 e. The Labute approximate surface area is 109 Å². The fraction of sp³-hybridized carbons (Fsp3) is 0.417. The van der Waals surface area contributed by atoms with E-state index in [4.69, 9.17) is 14.6 Å². The van der Waals surface area contributed by atoms with Crippen LogP contribution < -0.4 is 0 Å². The molecule has 1 aromatic heterocycles. The van der Waals surface area contributed by atoms with Gasteiger partial charge in [-0.1, -0.05) is 6.92 Å². The first-order chi connectivity index (χ1) is 8.91. The van der Waals surface area contributed by atoms with E-state index in [0.717, 1.165) is 0 Å². The highest BCUT2D eigenvalue weighted by Crippen LogP contribution is 2.09. The number of aliphatic carboxylic acids is 2. The molecule has 2 N–H and O–H groups in total. The first kappa shape index (κ1) is 14.7. The molecule has 0 aliphatic heterocycles. The lowest BCUT2D eigenvalue weighted by Gasteiger charge is -2.22. The van der Waals surface area contributed by atoms with Crippen molar-refractivity contribution >= 4 is 17.8 Å². The van der Waals surface area contributed by atoms with E-state index in [1.54, 1.807) is 0 Å². The van der Waals surface area contributed by atoms with Crippen molar-refractivity contribution in [2.75, 3.05) is 13.1 Å². The highest BCUT2D eigenvalue weighted by Gasteiger charge is 2.23. The van der Waals surface area contributed by atoms with Crippen molar-refractivity contribution in [1.29, 1.82) is 0 Å². The molecule has 0 aromatic carbocycles. The van der Waals surface area contributed by atoms with Crippen molar-refractivity contribution in [3.8, 4) is 0 Å². The van der Waals surface area contributed by atoms with Crippen LogP contribution in [0.4, 0.5) is 0 Å². The van der Waals surface area contributed by atoms with Gasteiger partial charge in [0.2, 0.25) is 0 Å². The normalized spacial score (nSPS) is 11.8. The summed E-state index contributed by atoms with van der Waals surface area (Å²) >= 11 is 0. The zero-order chi connectivity index (χ0) is 14.4. The molecule has 0 saturated carbocycles. The third kappa shape index (κ3) is 4.46. The van der Waals surface area contributed by atoms with Gasteiger partial charge in [-0.25, -0.2) is 0 Å². The maximum absolute atomic E-state index is 12.0. The molecule has 7 nitrogen and oxygen atoms in total. The van der Waals surface area contributed by atoms with Crippen LogP contribution in [0.15, 0.2) is 22.8 Å². The standard InChI is InChI=1S/C12H15NO6/c1-8(12(17)18)7-13(5-4-10(14)15)11(16)9-3-2-6-19-9/h2-3,6,8H,4-5,7H2,1H3,(H,14,15)(H,17,18). The van der Waals surface area contributed by atoms with Crippen LogP contribution >= 0.6 is 0 Å². The Morgan fingerprint density at radius 3 is 2.53 bits per heavy atom. The molecule has 1 aromatic rings. The summed E-state index contributed by atoms with van der Waals surface area (Å²) in [4.78, 5) is 34.6.